The van der Waals surface area contributed by atoms with E-state index >= 15 is 0 Å². The molecule has 1 atom stereocenters. The van der Waals surface area contributed by atoms with Crippen LogP contribution in [0.3, 0.4) is 0 Å². The van der Waals surface area contributed by atoms with Crippen LogP contribution >= 0.6 is 0 Å². The second-order valence-electron chi connectivity index (χ2n) is 6.24. The van der Waals surface area contributed by atoms with Crippen molar-refractivity contribution in [3.63, 3.8) is 0 Å². The average molecular weight is 332 g/mol. The number of aromatic nitrogens is 3. The van der Waals surface area contributed by atoms with E-state index in [1.54, 1.807) is 6.33 Å². The molecule has 1 aromatic carbocycles. The largest absolute Gasteiger partial charge is 0.366 e. The number of hydrogen-bond acceptors (Lipinski definition) is 5. The fraction of sp³-hybridized carbons (Fsp3) is 0.316. The summed E-state index contributed by atoms with van der Waals surface area (Å²) < 4.78 is 0. The minimum absolute atomic E-state index is 0.364. The van der Waals surface area contributed by atoms with Crippen molar-refractivity contribution < 1.29 is 0 Å². The van der Waals surface area contributed by atoms with Crippen molar-refractivity contribution in [2.45, 2.75) is 19.4 Å². The van der Waals surface area contributed by atoms with Gasteiger partial charge < -0.3 is 14.8 Å². The monoisotopic (exact) mass is 332 g/mol. The summed E-state index contributed by atoms with van der Waals surface area (Å²) in [6.45, 7) is 4.87. The third-order valence-corrected chi connectivity index (χ3v) is 4.91. The lowest BCUT2D eigenvalue weighted by atomic mass is 10.1. The highest BCUT2D eigenvalue weighted by Gasteiger charge is 2.29. The van der Waals surface area contributed by atoms with E-state index in [1.807, 2.05) is 36.5 Å². The molecule has 1 fully saturated rings. The van der Waals surface area contributed by atoms with Gasteiger partial charge in [0.25, 0.3) is 0 Å². The minimum Gasteiger partial charge on any atom is -0.366 e. The number of nitriles is 1. The van der Waals surface area contributed by atoms with Gasteiger partial charge in [0, 0.05) is 31.9 Å². The topological polar surface area (TPSA) is 71.8 Å². The summed E-state index contributed by atoms with van der Waals surface area (Å²) in [5, 5.41) is 10.5. The molecule has 6 heteroatoms. The highest BCUT2D eigenvalue weighted by Crippen LogP contribution is 2.30. The van der Waals surface area contributed by atoms with Crippen LogP contribution in [0, 0.1) is 11.3 Å². The van der Waals surface area contributed by atoms with Gasteiger partial charge in [0.1, 0.15) is 23.9 Å². The van der Waals surface area contributed by atoms with E-state index in [0.29, 0.717) is 6.04 Å². The van der Waals surface area contributed by atoms with Gasteiger partial charge in [-0.25, -0.2) is 9.97 Å². The number of fused-ring (bicyclic) bond motifs is 1. The summed E-state index contributed by atoms with van der Waals surface area (Å²) >= 11 is 0. The van der Waals surface area contributed by atoms with Crippen molar-refractivity contribution in [2.75, 3.05) is 29.4 Å². The SMILES string of the molecule is CCN(c1ccccc1C#N)[C@@H]1CCN(c2ncnc3[nH]ccc23)C1. The van der Waals surface area contributed by atoms with Gasteiger partial charge >= 0.3 is 0 Å². The Bertz CT molecular complexity index is 925. The predicted molar refractivity (Wildman–Crippen MR) is 98.7 cm³/mol. The number of hydrogen-bond donors (Lipinski definition) is 1. The van der Waals surface area contributed by atoms with E-state index in [9.17, 15) is 5.26 Å². The molecule has 0 bridgehead atoms. The lowest BCUT2D eigenvalue weighted by Gasteiger charge is -2.31. The van der Waals surface area contributed by atoms with Crippen LogP contribution in [0.25, 0.3) is 11.0 Å². The van der Waals surface area contributed by atoms with E-state index in [1.165, 1.54) is 0 Å². The molecule has 2 aromatic heterocycles. The van der Waals surface area contributed by atoms with Gasteiger partial charge in [-0.3, -0.25) is 0 Å². The van der Waals surface area contributed by atoms with E-state index in [-0.39, 0.29) is 0 Å². The maximum atomic E-state index is 9.42. The molecule has 1 aliphatic rings. The molecule has 0 saturated carbocycles. The highest BCUT2D eigenvalue weighted by atomic mass is 15.3. The third kappa shape index (κ3) is 2.68. The Hall–Kier alpha value is -3.07. The number of anilines is 2. The van der Waals surface area contributed by atoms with Gasteiger partial charge in [0.15, 0.2) is 0 Å². The molecule has 1 saturated heterocycles. The second kappa shape index (κ2) is 6.44. The Morgan fingerprint density at radius 1 is 1.32 bits per heavy atom. The number of H-pyrrole nitrogens is 1. The number of nitrogens with one attached hydrogen (secondary N) is 1. The molecule has 3 aromatic rings. The highest BCUT2D eigenvalue weighted by molar-refractivity contribution is 5.87. The van der Waals surface area contributed by atoms with Crippen molar-refractivity contribution in [1.82, 2.24) is 15.0 Å². The Morgan fingerprint density at radius 2 is 2.20 bits per heavy atom. The maximum Gasteiger partial charge on any atom is 0.142 e. The van der Waals surface area contributed by atoms with E-state index in [4.69, 9.17) is 0 Å². The van der Waals surface area contributed by atoms with Crippen LogP contribution in [0.4, 0.5) is 11.5 Å². The summed E-state index contributed by atoms with van der Waals surface area (Å²) in [7, 11) is 0. The molecule has 126 valence electrons. The first kappa shape index (κ1) is 15.5. The second-order valence-corrected chi connectivity index (χ2v) is 6.24. The normalized spacial score (nSPS) is 17.0. The van der Waals surface area contributed by atoms with Crippen LogP contribution in [0.15, 0.2) is 42.9 Å². The number of para-hydroxylation sites is 1. The number of likely N-dealkylation sites (N-methyl/N-ethyl adjacent to an activating group) is 1. The molecule has 3 heterocycles. The van der Waals surface area contributed by atoms with Gasteiger partial charge in [0.05, 0.1) is 16.6 Å². The maximum absolute atomic E-state index is 9.42. The summed E-state index contributed by atoms with van der Waals surface area (Å²) in [5.41, 5.74) is 2.63. The summed E-state index contributed by atoms with van der Waals surface area (Å²) in [6, 6.07) is 12.6. The van der Waals surface area contributed by atoms with Crippen molar-refractivity contribution in [3.05, 3.63) is 48.4 Å². The van der Waals surface area contributed by atoms with Crippen molar-refractivity contribution in [3.8, 4) is 6.07 Å². The average Bonchev–Trinajstić information content (AvgIpc) is 3.32. The smallest absolute Gasteiger partial charge is 0.142 e. The Kier molecular flexibility index (Phi) is 3.98. The standard InChI is InChI=1S/C19H20N6/c1-2-25(17-6-4-3-5-14(17)11-20)15-8-10-24(12-15)19-16-7-9-21-18(16)22-13-23-19/h3-7,9,13,15H,2,8,10,12H2,1H3,(H,21,22,23)/t15-/m1/s1. The quantitative estimate of drug-likeness (QED) is 0.795. The van der Waals surface area contributed by atoms with Gasteiger partial charge in [-0.05, 0) is 31.5 Å². The molecule has 1 aliphatic heterocycles. The van der Waals surface area contributed by atoms with Crippen molar-refractivity contribution in [2.24, 2.45) is 0 Å². The number of aromatic amines is 1. The van der Waals surface area contributed by atoms with Crippen LogP contribution in [0.2, 0.25) is 0 Å². The van der Waals surface area contributed by atoms with Crippen LogP contribution in [-0.4, -0.2) is 40.6 Å². The zero-order valence-corrected chi connectivity index (χ0v) is 14.2. The number of rotatable bonds is 4. The predicted octanol–water partition coefficient (Wildman–Crippen LogP) is 2.93. The zero-order chi connectivity index (χ0) is 17.2. The molecule has 0 radical (unpaired) electrons. The van der Waals surface area contributed by atoms with Crippen LogP contribution in [0.5, 0.6) is 0 Å². The first-order valence-electron chi connectivity index (χ1n) is 8.60. The molecular formula is C19H20N6. The lowest BCUT2D eigenvalue weighted by Crippen LogP contribution is -2.38. The molecular weight excluding hydrogens is 312 g/mol. The summed E-state index contributed by atoms with van der Waals surface area (Å²) in [6.07, 6.45) is 4.56. The van der Waals surface area contributed by atoms with Crippen LogP contribution in [0.1, 0.15) is 18.9 Å². The Labute approximate surface area is 146 Å². The molecule has 0 unspecified atom stereocenters. The van der Waals surface area contributed by atoms with Crippen molar-refractivity contribution >= 4 is 22.5 Å². The van der Waals surface area contributed by atoms with Crippen LogP contribution in [-0.2, 0) is 0 Å². The third-order valence-electron chi connectivity index (χ3n) is 4.91. The van der Waals surface area contributed by atoms with E-state index in [0.717, 1.165) is 54.2 Å². The van der Waals surface area contributed by atoms with E-state index in [2.05, 4.69) is 37.7 Å². The molecule has 1 N–H and O–H groups in total. The van der Waals surface area contributed by atoms with Crippen molar-refractivity contribution in [1.29, 1.82) is 5.26 Å². The number of benzene rings is 1. The first-order chi connectivity index (χ1) is 12.3. The molecule has 4 rings (SSSR count). The minimum atomic E-state index is 0.364. The fourth-order valence-electron chi connectivity index (χ4n) is 3.74. The van der Waals surface area contributed by atoms with Gasteiger partial charge in [-0.15, -0.1) is 0 Å². The van der Waals surface area contributed by atoms with Crippen LogP contribution < -0.4 is 9.80 Å². The summed E-state index contributed by atoms with van der Waals surface area (Å²) in [5.74, 6) is 0.985. The number of nitrogens with zero attached hydrogens (tertiary/aromatic N) is 5. The van der Waals surface area contributed by atoms with E-state index < -0.39 is 0 Å². The first-order valence-corrected chi connectivity index (χ1v) is 8.60. The Balaban J connectivity index is 1.61. The fourth-order valence-corrected chi connectivity index (χ4v) is 3.74. The van der Waals surface area contributed by atoms with Gasteiger partial charge in [-0.2, -0.15) is 5.26 Å². The molecule has 0 amide bonds. The summed E-state index contributed by atoms with van der Waals surface area (Å²) in [4.78, 5) is 16.6. The Morgan fingerprint density at radius 3 is 3.04 bits per heavy atom. The molecule has 0 spiro atoms. The zero-order valence-electron chi connectivity index (χ0n) is 14.2. The lowest BCUT2D eigenvalue weighted by molar-refractivity contribution is 0.653. The molecule has 6 nitrogen and oxygen atoms in total. The molecule has 25 heavy (non-hydrogen) atoms. The molecule has 0 aliphatic carbocycles. The van der Waals surface area contributed by atoms with Gasteiger partial charge in [-0.1, -0.05) is 12.1 Å². The van der Waals surface area contributed by atoms with Gasteiger partial charge in [0.2, 0.25) is 0 Å².